The van der Waals surface area contributed by atoms with Crippen molar-refractivity contribution in [2.45, 2.75) is 17.9 Å². The van der Waals surface area contributed by atoms with Crippen molar-refractivity contribution in [2.75, 3.05) is 16.2 Å². The fourth-order valence-electron chi connectivity index (χ4n) is 3.18. The molecule has 154 valence electrons. The summed E-state index contributed by atoms with van der Waals surface area (Å²) in [6, 6.07) is 20.0. The zero-order chi connectivity index (χ0) is 21.3. The number of carbonyl (C=O) groups is 1. The molecule has 0 saturated carbocycles. The highest BCUT2D eigenvalue weighted by atomic mass is 35.5. The van der Waals surface area contributed by atoms with Crippen LogP contribution in [0, 0.1) is 6.92 Å². The van der Waals surface area contributed by atoms with Crippen LogP contribution in [0.3, 0.4) is 0 Å². The fourth-order valence-corrected chi connectivity index (χ4v) is 4.86. The van der Waals surface area contributed by atoms with Gasteiger partial charge >= 0.3 is 0 Å². The molecule has 1 aliphatic heterocycles. The third kappa shape index (κ3) is 3.86. The number of sulfonamides is 1. The van der Waals surface area contributed by atoms with Crippen molar-refractivity contribution in [3.63, 3.8) is 0 Å². The van der Waals surface area contributed by atoms with Crippen LogP contribution in [-0.2, 0) is 14.8 Å². The zero-order valence-electron chi connectivity index (χ0n) is 16.1. The summed E-state index contributed by atoms with van der Waals surface area (Å²) in [7, 11) is -3.87. The first-order chi connectivity index (χ1) is 14.4. The van der Waals surface area contributed by atoms with Gasteiger partial charge in [-0.1, -0.05) is 48.0 Å². The molecule has 0 bridgehead atoms. The molecule has 3 aromatic carbocycles. The topological polar surface area (TPSA) is 75.7 Å². The number of anilines is 2. The average molecular weight is 443 g/mol. The predicted octanol–water partition coefficient (Wildman–Crippen LogP) is 4.24. The maximum absolute atomic E-state index is 13.3. The SMILES string of the molecule is Cc1ccc(NC(=O)[C@@H]2CN(S(=O)(=O)c3ccccc3)c3ccccc3O2)cc1Cl. The lowest BCUT2D eigenvalue weighted by Crippen LogP contribution is -2.48. The molecule has 30 heavy (non-hydrogen) atoms. The number of benzene rings is 3. The maximum atomic E-state index is 13.3. The van der Waals surface area contributed by atoms with E-state index in [0.717, 1.165) is 5.56 Å². The fraction of sp³-hybridized carbons (Fsp3) is 0.136. The maximum Gasteiger partial charge on any atom is 0.267 e. The first-order valence-electron chi connectivity index (χ1n) is 9.27. The van der Waals surface area contributed by atoms with Crippen molar-refractivity contribution in [1.82, 2.24) is 0 Å². The van der Waals surface area contributed by atoms with Crippen molar-refractivity contribution in [3.05, 3.63) is 83.4 Å². The van der Waals surface area contributed by atoms with Gasteiger partial charge in [0.1, 0.15) is 5.75 Å². The first-order valence-corrected chi connectivity index (χ1v) is 11.1. The number of ether oxygens (including phenoxy) is 1. The number of nitrogens with zero attached hydrogens (tertiary/aromatic N) is 1. The first kappa shape index (κ1) is 20.3. The van der Waals surface area contributed by atoms with Crippen LogP contribution >= 0.6 is 11.6 Å². The molecule has 3 aromatic rings. The molecular weight excluding hydrogens is 424 g/mol. The highest BCUT2D eigenvalue weighted by molar-refractivity contribution is 7.92. The molecule has 8 heteroatoms. The lowest BCUT2D eigenvalue weighted by molar-refractivity contribution is -0.122. The number of amides is 1. The van der Waals surface area contributed by atoms with Gasteiger partial charge in [0.05, 0.1) is 17.1 Å². The van der Waals surface area contributed by atoms with Crippen molar-refractivity contribution in [3.8, 4) is 5.75 Å². The molecule has 1 atom stereocenters. The standard InChI is InChI=1S/C22H19ClN2O4S/c1-15-11-12-16(13-18(15)23)24-22(26)21-14-25(19-9-5-6-10-20(19)29-21)30(27,28)17-7-3-2-4-8-17/h2-13,21H,14H2,1H3,(H,24,26)/t21-/m0/s1. The van der Waals surface area contributed by atoms with Crippen LogP contribution in [-0.4, -0.2) is 27.0 Å². The minimum Gasteiger partial charge on any atom is -0.476 e. The quantitative estimate of drug-likeness (QED) is 0.655. The van der Waals surface area contributed by atoms with Gasteiger partial charge in [-0.2, -0.15) is 0 Å². The number of halogens is 1. The summed E-state index contributed by atoms with van der Waals surface area (Å²) in [5.74, 6) is -0.136. The van der Waals surface area contributed by atoms with Crippen molar-refractivity contribution in [1.29, 1.82) is 0 Å². The minimum absolute atomic E-state index is 0.145. The van der Waals surface area contributed by atoms with E-state index in [4.69, 9.17) is 16.3 Å². The third-order valence-electron chi connectivity index (χ3n) is 4.80. The summed E-state index contributed by atoms with van der Waals surface area (Å²) in [5, 5.41) is 3.28. The average Bonchev–Trinajstić information content (AvgIpc) is 2.76. The Labute approximate surface area is 180 Å². The molecular formula is C22H19ClN2O4S. The Hall–Kier alpha value is -3.03. The number of para-hydroxylation sites is 2. The molecule has 1 amide bonds. The van der Waals surface area contributed by atoms with Crippen LogP contribution < -0.4 is 14.4 Å². The second-order valence-corrected chi connectivity index (χ2v) is 9.15. The van der Waals surface area contributed by atoms with Gasteiger partial charge in [0.2, 0.25) is 0 Å². The Kier molecular flexibility index (Phi) is 5.40. The Morgan fingerprint density at radius 2 is 1.77 bits per heavy atom. The molecule has 0 aromatic heterocycles. The molecule has 1 N–H and O–H groups in total. The van der Waals surface area contributed by atoms with E-state index in [2.05, 4.69) is 5.32 Å². The normalized spacial score (nSPS) is 15.8. The van der Waals surface area contributed by atoms with E-state index in [0.29, 0.717) is 22.1 Å². The number of hydrogen-bond donors (Lipinski definition) is 1. The molecule has 0 unspecified atom stereocenters. The number of carbonyl (C=O) groups excluding carboxylic acids is 1. The molecule has 1 heterocycles. The summed E-state index contributed by atoms with van der Waals surface area (Å²) in [6.07, 6.45) is -1.03. The summed E-state index contributed by atoms with van der Waals surface area (Å²) in [5.41, 5.74) is 1.79. The van der Waals surface area contributed by atoms with Crippen molar-refractivity contribution in [2.24, 2.45) is 0 Å². The second-order valence-electron chi connectivity index (χ2n) is 6.88. The second kappa shape index (κ2) is 8.01. The summed E-state index contributed by atoms with van der Waals surface area (Å²) >= 11 is 6.13. The molecule has 0 radical (unpaired) electrons. The Morgan fingerprint density at radius 3 is 2.50 bits per heavy atom. The number of fused-ring (bicyclic) bond motifs is 1. The summed E-state index contributed by atoms with van der Waals surface area (Å²) < 4.78 is 33.6. The monoisotopic (exact) mass is 442 g/mol. The van der Waals surface area contributed by atoms with E-state index in [1.54, 1.807) is 60.7 Å². The number of hydrogen-bond acceptors (Lipinski definition) is 4. The predicted molar refractivity (Wildman–Crippen MR) is 117 cm³/mol. The van der Waals surface area contributed by atoms with Crippen LogP contribution in [0.2, 0.25) is 5.02 Å². The molecule has 0 fully saturated rings. The number of nitrogens with one attached hydrogen (secondary N) is 1. The number of rotatable bonds is 4. The van der Waals surface area contributed by atoms with Crippen LogP contribution in [0.5, 0.6) is 5.75 Å². The van der Waals surface area contributed by atoms with Crippen LogP contribution in [0.1, 0.15) is 5.56 Å². The highest BCUT2D eigenvalue weighted by Crippen LogP contribution is 2.37. The van der Waals surface area contributed by atoms with E-state index in [1.165, 1.54) is 16.4 Å². The van der Waals surface area contributed by atoms with Crippen molar-refractivity contribution >= 4 is 38.9 Å². The van der Waals surface area contributed by atoms with Gasteiger partial charge < -0.3 is 10.1 Å². The lowest BCUT2D eigenvalue weighted by atomic mass is 10.2. The van der Waals surface area contributed by atoms with Gasteiger partial charge in [-0.3, -0.25) is 9.10 Å². The van der Waals surface area contributed by atoms with Gasteiger partial charge in [0.15, 0.2) is 6.10 Å². The third-order valence-corrected chi connectivity index (χ3v) is 7.00. The number of aryl methyl sites for hydroxylation is 1. The molecule has 0 spiro atoms. The Bertz CT molecular complexity index is 1200. The van der Waals surface area contributed by atoms with E-state index in [9.17, 15) is 13.2 Å². The van der Waals surface area contributed by atoms with Gasteiger partial charge in [-0.05, 0) is 48.9 Å². The Balaban J connectivity index is 1.66. The van der Waals surface area contributed by atoms with Crippen LogP contribution in [0.25, 0.3) is 0 Å². The van der Waals surface area contributed by atoms with Gasteiger partial charge in [0, 0.05) is 10.7 Å². The van der Waals surface area contributed by atoms with E-state index in [-0.39, 0.29) is 11.4 Å². The molecule has 6 nitrogen and oxygen atoms in total. The van der Waals surface area contributed by atoms with Crippen molar-refractivity contribution < 1.29 is 17.9 Å². The smallest absolute Gasteiger partial charge is 0.267 e. The van der Waals surface area contributed by atoms with Gasteiger partial charge in [0.25, 0.3) is 15.9 Å². The lowest BCUT2D eigenvalue weighted by Gasteiger charge is -2.34. The summed E-state index contributed by atoms with van der Waals surface area (Å²) in [6.45, 7) is 1.71. The minimum atomic E-state index is -3.87. The molecule has 0 aliphatic carbocycles. The molecule has 4 rings (SSSR count). The van der Waals surface area contributed by atoms with Crippen LogP contribution in [0.4, 0.5) is 11.4 Å². The summed E-state index contributed by atoms with van der Waals surface area (Å²) in [4.78, 5) is 13.0. The van der Waals surface area contributed by atoms with E-state index in [1.807, 2.05) is 6.92 Å². The van der Waals surface area contributed by atoms with Gasteiger partial charge in [-0.15, -0.1) is 0 Å². The molecule has 1 aliphatic rings. The highest BCUT2D eigenvalue weighted by Gasteiger charge is 2.37. The van der Waals surface area contributed by atoms with Crippen LogP contribution in [0.15, 0.2) is 77.7 Å². The zero-order valence-corrected chi connectivity index (χ0v) is 17.7. The molecule has 0 saturated heterocycles. The largest absolute Gasteiger partial charge is 0.476 e. The van der Waals surface area contributed by atoms with E-state index >= 15 is 0 Å². The Morgan fingerprint density at radius 1 is 1.07 bits per heavy atom. The van der Waals surface area contributed by atoms with Gasteiger partial charge in [-0.25, -0.2) is 8.42 Å². The van der Waals surface area contributed by atoms with E-state index < -0.39 is 22.0 Å².